The Hall–Kier alpha value is -2.74. The molecule has 6 nitrogen and oxygen atoms in total. The molecule has 138 valence electrons. The molecule has 0 unspecified atom stereocenters. The van der Waals surface area contributed by atoms with Gasteiger partial charge in [0, 0.05) is 18.7 Å². The van der Waals surface area contributed by atoms with Gasteiger partial charge in [-0.15, -0.1) is 0 Å². The smallest absolute Gasteiger partial charge is 0.358 e. The molecule has 2 rings (SSSR count). The second-order valence-corrected chi connectivity index (χ2v) is 5.66. The minimum atomic E-state index is -0.986. The molecule has 9 heteroatoms. The molecule has 0 bridgehead atoms. The summed E-state index contributed by atoms with van der Waals surface area (Å²) in [6.07, 6.45) is 1.03. The van der Waals surface area contributed by atoms with E-state index >= 15 is 0 Å². The molecular formula is C17H15ClF2N2O4. The molecule has 1 heterocycles. The number of halogens is 3. The van der Waals surface area contributed by atoms with Gasteiger partial charge in [0.05, 0.1) is 30.5 Å². The van der Waals surface area contributed by atoms with Gasteiger partial charge >= 0.3 is 5.97 Å². The molecule has 1 amide bonds. The van der Waals surface area contributed by atoms with Crippen LogP contribution in [0.2, 0.25) is 5.02 Å². The van der Waals surface area contributed by atoms with Crippen molar-refractivity contribution in [1.82, 2.24) is 4.98 Å². The zero-order valence-corrected chi connectivity index (χ0v) is 15.1. The van der Waals surface area contributed by atoms with Crippen molar-refractivity contribution in [2.45, 2.75) is 13.8 Å². The molecular weight excluding hydrogens is 370 g/mol. The number of nitrogens with one attached hydrogen (secondary N) is 1. The molecule has 0 spiro atoms. The van der Waals surface area contributed by atoms with Gasteiger partial charge in [-0.3, -0.25) is 4.79 Å². The summed E-state index contributed by atoms with van der Waals surface area (Å²) in [5.41, 5.74) is -0.870. The number of aryl methyl sites for hydroxylation is 1. The van der Waals surface area contributed by atoms with Crippen molar-refractivity contribution < 1.29 is 27.8 Å². The van der Waals surface area contributed by atoms with Crippen molar-refractivity contribution in [2.75, 3.05) is 19.5 Å². The molecule has 0 radical (unpaired) electrons. The highest BCUT2D eigenvalue weighted by molar-refractivity contribution is 6.37. The van der Waals surface area contributed by atoms with Gasteiger partial charge in [0.15, 0.2) is 17.3 Å². The van der Waals surface area contributed by atoms with Crippen LogP contribution in [-0.4, -0.2) is 31.1 Å². The van der Waals surface area contributed by atoms with Gasteiger partial charge in [-0.2, -0.15) is 0 Å². The second-order valence-electron chi connectivity index (χ2n) is 5.28. The summed E-state index contributed by atoms with van der Waals surface area (Å²) in [5, 5.41) is 2.07. The van der Waals surface area contributed by atoms with E-state index in [2.05, 4.69) is 15.0 Å². The van der Waals surface area contributed by atoms with E-state index in [0.29, 0.717) is 0 Å². The Kier molecular flexibility index (Phi) is 5.76. The van der Waals surface area contributed by atoms with Crippen LogP contribution in [0.1, 0.15) is 23.0 Å². The van der Waals surface area contributed by atoms with Crippen LogP contribution in [0.3, 0.4) is 0 Å². The zero-order valence-electron chi connectivity index (χ0n) is 14.4. The lowest BCUT2D eigenvalue weighted by Crippen LogP contribution is -2.13. The van der Waals surface area contributed by atoms with Gasteiger partial charge in [0.25, 0.3) is 0 Å². The summed E-state index contributed by atoms with van der Waals surface area (Å²) >= 11 is 6.14. The van der Waals surface area contributed by atoms with Gasteiger partial charge in [-0.25, -0.2) is 18.6 Å². The third-order valence-electron chi connectivity index (χ3n) is 3.53. The number of carbonyl (C=O) groups is 2. The van der Waals surface area contributed by atoms with Crippen LogP contribution < -0.4 is 10.1 Å². The third kappa shape index (κ3) is 3.45. The van der Waals surface area contributed by atoms with Crippen molar-refractivity contribution in [1.29, 1.82) is 0 Å². The van der Waals surface area contributed by atoms with Gasteiger partial charge in [0.2, 0.25) is 5.91 Å². The number of aromatic nitrogens is 1. The summed E-state index contributed by atoms with van der Waals surface area (Å²) in [7, 11) is 2.36. The Morgan fingerprint density at radius 1 is 1.27 bits per heavy atom. The van der Waals surface area contributed by atoms with Gasteiger partial charge < -0.3 is 14.8 Å². The Morgan fingerprint density at radius 3 is 2.46 bits per heavy atom. The number of anilines is 1. The first-order valence-electron chi connectivity index (χ1n) is 7.30. The molecule has 0 aliphatic heterocycles. The van der Waals surface area contributed by atoms with Gasteiger partial charge in [-0.05, 0) is 18.6 Å². The first-order valence-corrected chi connectivity index (χ1v) is 7.68. The minimum absolute atomic E-state index is 0.147. The van der Waals surface area contributed by atoms with Gasteiger partial charge in [-0.1, -0.05) is 11.6 Å². The Balaban J connectivity index is 2.84. The van der Waals surface area contributed by atoms with E-state index in [1.54, 1.807) is 0 Å². The van der Waals surface area contributed by atoms with Crippen LogP contribution in [0.4, 0.5) is 14.5 Å². The molecule has 0 atom stereocenters. The van der Waals surface area contributed by atoms with Crippen molar-refractivity contribution in [2.24, 2.45) is 0 Å². The van der Waals surface area contributed by atoms with E-state index in [1.165, 1.54) is 21.0 Å². The predicted octanol–water partition coefficient (Wildman–Crippen LogP) is 3.74. The number of esters is 1. The maximum Gasteiger partial charge on any atom is 0.358 e. The number of nitrogens with zero attached hydrogens (tertiary/aromatic N) is 1. The number of benzene rings is 1. The number of amides is 1. The molecule has 26 heavy (non-hydrogen) atoms. The average molecular weight is 385 g/mol. The van der Waals surface area contributed by atoms with Crippen LogP contribution in [0.25, 0.3) is 11.1 Å². The van der Waals surface area contributed by atoms with Crippen LogP contribution in [0.15, 0.2) is 12.3 Å². The maximum absolute atomic E-state index is 14.8. The molecule has 0 fully saturated rings. The topological polar surface area (TPSA) is 77.5 Å². The van der Waals surface area contributed by atoms with Crippen molar-refractivity contribution in [3.05, 3.63) is 40.2 Å². The number of ether oxygens (including phenoxy) is 2. The third-order valence-corrected chi connectivity index (χ3v) is 3.90. The first kappa shape index (κ1) is 19.6. The summed E-state index contributed by atoms with van der Waals surface area (Å²) in [6, 6.07) is 1.08. The molecule has 1 aromatic heterocycles. The number of carbonyl (C=O) groups excluding carboxylic acids is 2. The van der Waals surface area contributed by atoms with E-state index in [1.807, 2.05) is 0 Å². The van der Waals surface area contributed by atoms with E-state index in [-0.39, 0.29) is 33.3 Å². The minimum Gasteiger partial charge on any atom is -0.493 e. The largest absolute Gasteiger partial charge is 0.493 e. The monoisotopic (exact) mass is 384 g/mol. The summed E-state index contributed by atoms with van der Waals surface area (Å²) in [6.45, 7) is 2.66. The van der Waals surface area contributed by atoms with E-state index in [0.717, 1.165) is 19.4 Å². The molecule has 0 aliphatic carbocycles. The highest BCUT2D eigenvalue weighted by Crippen LogP contribution is 2.41. The number of methoxy groups -OCH3 is 2. The molecule has 0 saturated heterocycles. The summed E-state index contributed by atoms with van der Waals surface area (Å²) in [5.74, 6) is -3.48. The molecule has 1 aromatic carbocycles. The lowest BCUT2D eigenvalue weighted by Gasteiger charge is -2.17. The molecule has 0 aliphatic rings. The van der Waals surface area contributed by atoms with Gasteiger partial charge in [0.1, 0.15) is 5.82 Å². The normalized spacial score (nSPS) is 10.4. The standard InChI is InChI=1S/C17H15ClF2N2O4/c1-7-5-10(19)11(13(20)16(7)25-3)9-6-21-15(17(24)26-4)12(18)14(9)22-8(2)23/h5-6H,1-4H3,(H,21,22,23). The molecule has 2 aromatic rings. The fourth-order valence-electron chi connectivity index (χ4n) is 2.43. The van der Waals surface area contributed by atoms with E-state index < -0.39 is 29.1 Å². The lowest BCUT2D eigenvalue weighted by molar-refractivity contribution is -0.114. The highest BCUT2D eigenvalue weighted by Gasteiger charge is 2.26. The van der Waals surface area contributed by atoms with Crippen LogP contribution in [0, 0.1) is 18.6 Å². The summed E-state index contributed by atoms with van der Waals surface area (Å²) < 4.78 is 38.9. The van der Waals surface area contributed by atoms with E-state index in [4.69, 9.17) is 16.3 Å². The number of hydrogen-bond donors (Lipinski definition) is 1. The Morgan fingerprint density at radius 2 is 1.92 bits per heavy atom. The quantitative estimate of drug-likeness (QED) is 0.812. The average Bonchev–Trinajstić information content (AvgIpc) is 2.56. The number of pyridine rings is 1. The Bertz CT molecular complexity index is 903. The van der Waals surface area contributed by atoms with Crippen molar-refractivity contribution in [3.8, 4) is 16.9 Å². The molecule has 0 saturated carbocycles. The highest BCUT2D eigenvalue weighted by atomic mass is 35.5. The Labute approximate surface area is 153 Å². The van der Waals surface area contributed by atoms with Crippen LogP contribution in [-0.2, 0) is 9.53 Å². The first-order chi connectivity index (χ1) is 12.2. The maximum atomic E-state index is 14.8. The van der Waals surface area contributed by atoms with Crippen molar-refractivity contribution >= 4 is 29.2 Å². The van der Waals surface area contributed by atoms with E-state index in [9.17, 15) is 18.4 Å². The predicted molar refractivity (Wildman–Crippen MR) is 91.5 cm³/mol. The van der Waals surface area contributed by atoms with Crippen molar-refractivity contribution in [3.63, 3.8) is 0 Å². The summed E-state index contributed by atoms with van der Waals surface area (Å²) in [4.78, 5) is 27.1. The molecule has 1 N–H and O–H groups in total. The SMILES string of the molecule is COC(=O)c1ncc(-c2c(F)cc(C)c(OC)c2F)c(NC(C)=O)c1Cl. The van der Waals surface area contributed by atoms with Crippen LogP contribution >= 0.6 is 11.6 Å². The lowest BCUT2D eigenvalue weighted by atomic mass is 10.0. The fraction of sp³-hybridized carbons (Fsp3) is 0.235. The van der Waals surface area contributed by atoms with Crippen LogP contribution in [0.5, 0.6) is 5.75 Å². The zero-order chi connectivity index (χ0) is 19.6. The number of rotatable bonds is 4. The second kappa shape index (κ2) is 7.65. The fourth-order valence-corrected chi connectivity index (χ4v) is 2.71. The number of hydrogen-bond acceptors (Lipinski definition) is 5.